The lowest BCUT2D eigenvalue weighted by Crippen LogP contribution is -2.25. The molecule has 0 amide bonds. The molecule has 1 saturated heterocycles. The lowest BCUT2D eigenvalue weighted by Gasteiger charge is -2.25. The van der Waals surface area contributed by atoms with E-state index in [4.69, 9.17) is 5.73 Å². The second-order valence-corrected chi connectivity index (χ2v) is 6.49. The quantitative estimate of drug-likeness (QED) is 0.779. The minimum Gasteiger partial charge on any atom is -0.368 e. The summed E-state index contributed by atoms with van der Waals surface area (Å²) in [5.41, 5.74) is 9.35. The van der Waals surface area contributed by atoms with E-state index < -0.39 is 0 Å². The molecule has 3 aromatic rings. The lowest BCUT2D eigenvalue weighted by atomic mass is 9.99. The van der Waals surface area contributed by atoms with E-state index in [1.807, 2.05) is 24.3 Å². The Morgan fingerprint density at radius 2 is 2.08 bits per heavy atom. The van der Waals surface area contributed by atoms with Crippen molar-refractivity contribution in [2.45, 2.75) is 25.4 Å². The monoisotopic (exact) mass is 349 g/mol. The van der Waals surface area contributed by atoms with Crippen LogP contribution >= 0.6 is 0 Å². The number of likely N-dealkylation sites (tertiary alicyclic amines) is 1. The van der Waals surface area contributed by atoms with Crippen LogP contribution < -0.4 is 5.73 Å². The van der Waals surface area contributed by atoms with Gasteiger partial charge >= 0.3 is 0 Å². The van der Waals surface area contributed by atoms with E-state index in [1.165, 1.54) is 12.1 Å². The molecule has 3 heterocycles. The first-order valence-electron chi connectivity index (χ1n) is 8.73. The zero-order chi connectivity index (χ0) is 17.9. The zero-order valence-electron chi connectivity index (χ0n) is 14.3. The first-order chi connectivity index (χ1) is 12.7. The van der Waals surface area contributed by atoms with E-state index in [1.54, 1.807) is 18.5 Å². The molecule has 0 spiro atoms. The van der Waals surface area contributed by atoms with E-state index in [9.17, 15) is 4.39 Å². The number of aromatic nitrogens is 3. The van der Waals surface area contributed by atoms with Crippen molar-refractivity contribution in [1.82, 2.24) is 19.9 Å². The number of nitrogen functional groups attached to an aromatic ring is 1. The lowest BCUT2D eigenvalue weighted by molar-refractivity contribution is 0.242. The van der Waals surface area contributed by atoms with Crippen LogP contribution in [0, 0.1) is 5.82 Å². The SMILES string of the molecule is Nc1ncc(-c2cccc(F)c2)c(C2CCCN2Cc2ccccn2)n1. The third-order valence-electron chi connectivity index (χ3n) is 4.74. The molecule has 1 unspecified atom stereocenters. The molecule has 1 atom stereocenters. The molecule has 0 radical (unpaired) electrons. The van der Waals surface area contributed by atoms with Crippen molar-refractivity contribution < 1.29 is 4.39 Å². The summed E-state index contributed by atoms with van der Waals surface area (Å²) in [6, 6.07) is 12.6. The number of nitrogens with two attached hydrogens (primary N) is 1. The van der Waals surface area contributed by atoms with Crippen LogP contribution in [0.5, 0.6) is 0 Å². The van der Waals surface area contributed by atoms with Crippen molar-refractivity contribution >= 4 is 5.95 Å². The third kappa shape index (κ3) is 3.41. The second kappa shape index (κ2) is 7.17. The van der Waals surface area contributed by atoms with Crippen LogP contribution in [-0.2, 0) is 6.54 Å². The summed E-state index contributed by atoms with van der Waals surface area (Å²) in [4.78, 5) is 15.5. The Hall–Kier alpha value is -2.86. The number of pyridine rings is 1. The van der Waals surface area contributed by atoms with E-state index in [0.29, 0.717) is 0 Å². The topological polar surface area (TPSA) is 67.9 Å². The Labute approximate surface area is 151 Å². The Bertz CT molecular complexity index is 900. The molecule has 2 N–H and O–H groups in total. The molecule has 4 rings (SSSR count). The maximum Gasteiger partial charge on any atom is 0.220 e. The maximum absolute atomic E-state index is 13.7. The Morgan fingerprint density at radius 1 is 1.15 bits per heavy atom. The number of anilines is 1. The van der Waals surface area contributed by atoms with Crippen LogP contribution in [-0.4, -0.2) is 26.4 Å². The van der Waals surface area contributed by atoms with Gasteiger partial charge < -0.3 is 5.73 Å². The standard InChI is InChI=1S/C20H20FN5/c21-15-6-3-5-14(11-15)17-12-24-20(22)25-19(17)18-8-4-10-26(18)13-16-7-1-2-9-23-16/h1-3,5-7,9,11-12,18H,4,8,10,13H2,(H2,22,24,25). The fourth-order valence-electron chi connectivity index (χ4n) is 3.57. The van der Waals surface area contributed by atoms with Crippen LogP contribution in [0.1, 0.15) is 30.3 Å². The molecule has 132 valence electrons. The van der Waals surface area contributed by atoms with Crippen LogP contribution in [0.3, 0.4) is 0 Å². The van der Waals surface area contributed by atoms with E-state index >= 15 is 0 Å². The summed E-state index contributed by atoms with van der Waals surface area (Å²) in [7, 11) is 0. The fourth-order valence-corrected chi connectivity index (χ4v) is 3.57. The predicted octanol–water partition coefficient (Wildman–Crippen LogP) is 3.60. The average Bonchev–Trinajstić information content (AvgIpc) is 3.10. The number of hydrogen-bond acceptors (Lipinski definition) is 5. The molecular weight excluding hydrogens is 329 g/mol. The van der Waals surface area contributed by atoms with E-state index in [-0.39, 0.29) is 17.8 Å². The van der Waals surface area contributed by atoms with E-state index in [0.717, 1.165) is 48.4 Å². The molecule has 2 aromatic heterocycles. The van der Waals surface area contributed by atoms with Gasteiger partial charge in [0.1, 0.15) is 5.82 Å². The van der Waals surface area contributed by atoms with Gasteiger partial charge in [0.15, 0.2) is 0 Å². The van der Waals surface area contributed by atoms with E-state index in [2.05, 4.69) is 19.9 Å². The summed E-state index contributed by atoms with van der Waals surface area (Å²) in [6.07, 6.45) is 5.56. The molecule has 0 bridgehead atoms. The van der Waals surface area contributed by atoms with Gasteiger partial charge in [0, 0.05) is 24.5 Å². The smallest absolute Gasteiger partial charge is 0.220 e. The number of halogens is 1. The Morgan fingerprint density at radius 3 is 2.88 bits per heavy atom. The summed E-state index contributed by atoms with van der Waals surface area (Å²) in [5, 5.41) is 0. The zero-order valence-corrected chi connectivity index (χ0v) is 14.3. The second-order valence-electron chi connectivity index (χ2n) is 6.49. The Kier molecular flexibility index (Phi) is 4.58. The molecule has 1 aromatic carbocycles. The van der Waals surface area contributed by atoms with Crippen molar-refractivity contribution in [1.29, 1.82) is 0 Å². The highest BCUT2D eigenvalue weighted by atomic mass is 19.1. The minimum absolute atomic E-state index is 0.112. The van der Waals surface area contributed by atoms with Gasteiger partial charge in [-0.15, -0.1) is 0 Å². The summed E-state index contributed by atoms with van der Waals surface area (Å²) in [6.45, 7) is 1.71. The van der Waals surface area contributed by atoms with Gasteiger partial charge in [-0.2, -0.15) is 0 Å². The van der Waals surface area contributed by atoms with Crippen molar-refractivity contribution in [3.63, 3.8) is 0 Å². The molecule has 1 aliphatic heterocycles. The average molecular weight is 349 g/mol. The minimum atomic E-state index is -0.276. The molecule has 1 fully saturated rings. The number of rotatable bonds is 4. The van der Waals surface area contributed by atoms with Gasteiger partial charge in [-0.1, -0.05) is 18.2 Å². The number of nitrogens with zero attached hydrogens (tertiary/aromatic N) is 4. The summed E-state index contributed by atoms with van der Waals surface area (Å²) >= 11 is 0. The molecule has 0 saturated carbocycles. The normalized spacial score (nSPS) is 17.5. The Balaban J connectivity index is 1.71. The molecule has 5 nitrogen and oxygen atoms in total. The number of benzene rings is 1. The van der Waals surface area contributed by atoms with Gasteiger partial charge in [0.05, 0.1) is 17.4 Å². The van der Waals surface area contributed by atoms with Crippen molar-refractivity contribution in [2.24, 2.45) is 0 Å². The summed E-state index contributed by atoms with van der Waals surface area (Å²) in [5.74, 6) is -0.0353. The molecule has 0 aliphatic carbocycles. The molecular formula is C20H20FN5. The highest BCUT2D eigenvalue weighted by Crippen LogP contribution is 2.37. The molecule has 1 aliphatic rings. The fraction of sp³-hybridized carbons (Fsp3) is 0.250. The number of hydrogen-bond donors (Lipinski definition) is 1. The molecule has 26 heavy (non-hydrogen) atoms. The first kappa shape index (κ1) is 16.6. The van der Waals surface area contributed by atoms with Crippen molar-refractivity contribution in [3.05, 3.63) is 72.1 Å². The largest absolute Gasteiger partial charge is 0.368 e. The highest BCUT2D eigenvalue weighted by Gasteiger charge is 2.30. The van der Waals surface area contributed by atoms with Gasteiger partial charge in [0.2, 0.25) is 5.95 Å². The van der Waals surface area contributed by atoms with Crippen LogP contribution in [0.25, 0.3) is 11.1 Å². The van der Waals surface area contributed by atoms with Crippen LogP contribution in [0.4, 0.5) is 10.3 Å². The van der Waals surface area contributed by atoms with Crippen LogP contribution in [0.2, 0.25) is 0 Å². The van der Waals surface area contributed by atoms with Gasteiger partial charge in [-0.05, 0) is 49.2 Å². The molecule has 6 heteroatoms. The predicted molar refractivity (Wildman–Crippen MR) is 98.5 cm³/mol. The summed E-state index contributed by atoms with van der Waals surface area (Å²) < 4.78 is 13.7. The van der Waals surface area contributed by atoms with Crippen LogP contribution in [0.15, 0.2) is 54.9 Å². The van der Waals surface area contributed by atoms with Gasteiger partial charge in [-0.25, -0.2) is 14.4 Å². The maximum atomic E-state index is 13.7. The highest BCUT2D eigenvalue weighted by molar-refractivity contribution is 5.66. The van der Waals surface area contributed by atoms with Crippen molar-refractivity contribution in [2.75, 3.05) is 12.3 Å². The third-order valence-corrected chi connectivity index (χ3v) is 4.74. The first-order valence-corrected chi connectivity index (χ1v) is 8.73. The van der Waals surface area contributed by atoms with Gasteiger partial charge in [0.25, 0.3) is 0 Å². The van der Waals surface area contributed by atoms with Gasteiger partial charge in [-0.3, -0.25) is 9.88 Å². The van der Waals surface area contributed by atoms with Crippen molar-refractivity contribution in [3.8, 4) is 11.1 Å².